The molecule has 1 N–H and O–H groups in total. The highest BCUT2D eigenvalue weighted by atomic mass is 16.2. The molecule has 24 heavy (non-hydrogen) atoms. The van der Waals surface area contributed by atoms with Crippen LogP contribution < -0.4 is 4.90 Å². The smallest absolute Gasteiger partial charge is 0.265 e. The minimum Gasteiger partial charge on any atom is -0.359 e. The second-order valence-corrected chi connectivity index (χ2v) is 6.40. The Balaban J connectivity index is 2.08. The van der Waals surface area contributed by atoms with Gasteiger partial charge in [0.1, 0.15) is 0 Å². The third kappa shape index (κ3) is 2.78. The molecule has 0 fully saturated rings. The maximum absolute atomic E-state index is 12.9. The minimum absolute atomic E-state index is 0.188. The summed E-state index contributed by atoms with van der Waals surface area (Å²) in [6.45, 7) is 4.16. The van der Waals surface area contributed by atoms with Gasteiger partial charge in [0.05, 0.1) is 17.8 Å². The van der Waals surface area contributed by atoms with Gasteiger partial charge in [-0.3, -0.25) is 9.59 Å². The molecular formula is C19H21N3O2. The average molecular weight is 323 g/mol. The second kappa shape index (κ2) is 6.09. The van der Waals surface area contributed by atoms with Crippen LogP contribution in [0.5, 0.6) is 0 Å². The summed E-state index contributed by atoms with van der Waals surface area (Å²) in [7, 11) is 3.62. The van der Waals surface area contributed by atoms with E-state index >= 15 is 0 Å². The molecule has 0 bridgehead atoms. The molecule has 0 spiro atoms. The number of nitrogens with zero attached hydrogens (tertiary/aromatic N) is 2. The Kier molecular flexibility index (Phi) is 4.11. The first-order valence-electron chi connectivity index (χ1n) is 7.88. The number of imide groups is 1. The molecule has 0 aliphatic carbocycles. The summed E-state index contributed by atoms with van der Waals surface area (Å²) in [6.07, 6.45) is 1.84. The third-order valence-corrected chi connectivity index (χ3v) is 4.05. The summed E-state index contributed by atoms with van der Waals surface area (Å²) in [5.74, 6) is -0.491. The lowest BCUT2D eigenvalue weighted by Gasteiger charge is -2.17. The van der Waals surface area contributed by atoms with Crippen molar-refractivity contribution in [1.29, 1.82) is 0 Å². The molecule has 1 aromatic carbocycles. The highest BCUT2D eigenvalue weighted by Crippen LogP contribution is 2.37. The van der Waals surface area contributed by atoms with E-state index < -0.39 is 0 Å². The van der Waals surface area contributed by atoms with Crippen molar-refractivity contribution in [3.05, 3.63) is 52.8 Å². The van der Waals surface area contributed by atoms with Gasteiger partial charge in [-0.2, -0.15) is 0 Å². The van der Waals surface area contributed by atoms with E-state index in [4.69, 9.17) is 0 Å². The summed E-state index contributed by atoms with van der Waals surface area (Å²) in [5, 5.41) is 0. The molecule has 5 nitrogen and oxygen atoms in total. The van der Waals surface area contributed by atoms with Gasteiger partial charge in [0.2, 0.25) is 5.91 Å². The summed E-state index contributed by atoms with van der Waals surface area (Å²) < 4.78 is 0. The molecule has 2 amide bonds. The summed E-state index contributed by atoms with van der Waals surface area (Å²) in [6, 6.07) is 9.45. The zero-order valence-corrected chi connectivity index (χ0v) is 14.4. The fourth-order valence-electron chi connectivity index (χ4n) is 3.01. The molecule has 124 valence electrons. The van der Waals surface area contributed by atoms with Gasteiger partial charge in [-0.05, 0) is 51.7 Å². The summed E-state index contributed by atoms with van der Waals surface area (Å²) in [4.78, 5) is 31.7. The molecule has 0 atom stereocenters. The SMILES string of the molecule is Cc1cc(C)c(/C=C2\C(=O)N(C(=O)CN(C)C)c3ccccc32)[nH]1. The molecule has 0 radical (unpaired) electrons. The second-order valence-electron chi connectivity index (χ2n) is 6.40. The lowest BCUT2D eigenvalue weighted by Crippen LogP contribution is -2.39. The van der Waals surface area contributed by atoms with E-state index in [1.54, 1.807) is 4.90 Å². The molecular weight excluding hydrogens is 302 g/mol. The Morgan fingerprint density at radius 3 is 2.58 bits per heavy atom. The molecule has 5 heteroatoms. The van der Waals surface area contributed by atoms with Crippen molar-refractivity contribution in [2.24, 2.45) is 0 Å². The van der Waals surface area contributed by atoms with Gasteiger partial charge in [-0.25, -0.2) is 4.90 Å². The monoisotopic (exact) mass is 323 g/mol. The number of para-hydroxylation sites is 1. The van der Waals surface area contributed by atoms with Gasteiger partial charge in [-0.1, -0.05) is 18.2 Å². The quantitative estimate of drug-likeness (QED) is 0.884. The fourth-order valence-corrected chi connectivity index (χ4v) is 3.01. The van der Waals surface area contributed by atoms with Crippen molar-refractivity contribution in [3.63, 3.8) is 0 Å². The van der Waals surface area contributed by atoms with Crippen LogP contribution >= 0.6 is 0 Å². The highest BCUT2D eigenvalue weighted by molar-refractivity contribution is 6.42. The van der Waals surface area contributed by atoms with Crippen LogP contribution in [0.3, 0.4) is 0 Å². The van der Waals surface area contributed by atoms with Gasteiger partial charge in [0.15, 0.2) is 0 Å². The molecule has 1 aromatic heterocycles. The van der Waals surface area contributed by atoms with Crippen LogP contribution in [0.25, 0.3) is 11.6 Å². The van der Waals surface area contributed by atoms with Crippen molar-refractivity contribution in [3.8, 4) is 0 Å². The summed E-state index contributed by atoms with van der Waals surface area (Å²) in [5.41, 5.74) is 5.00. The van der Waals surface area contributed by atoms with Crippen LogP contribution in [0.4, 0.5) is 5.69 Å². The number of rotatable bonds is 3. The van der Waals surface area contributed by atoms with Gasteiger partial charge in [-0.15, -0.1) is 0 Å². The largest absolute Gasteiger partial charge is 0.359 e. The van der Waals surface area contributed by atoms with Gasteiger partial charge in [0, 0.05) is 17.0 Å². The molecule has 0 unspecified atom stereocenters. The minimum atomic E-state index is -0.269. The number of hydrogen-bond donors (Lipinski definition) is 1. The standard InChI is InChI=1S/C19H21N3O2/c1-12-9-13(2)20-16(12)10-15-14-7-5-6-8-17(14)22(19(15)24)18(23)11-21(3)4/h5-10,20H,11H2,1-4H3/b15-10-. The Morgan fingerprint density at radius 1 is 1.25 bits per heavy atom. The number of anilines is 1. The maximum Gasteiger partial charge on any atom is 0.265 e. The molecule has 1 aliphatic heterocycles. The number of carbonyl (C=O) groups is 2. The van der Waals surface area contributed by atoms with Crippen LogP contribution in [0, 0.1) is 13.8 Å². The molecule has 1 aliphatic rings. The number of aromatic nitrogens is 1. The van der Waals surface area contributed by atoms with E-state index in [9.17, 15) is 9.59 Å². The van der Waals surface area contributed by atoms with Gasteiger partial charge < -0.3 is 9.88 Å². The number of fused-ring (bicyclic) bond motifs is 1. The van der Waals surface area contributed by atoms with Gasteiger partial charge in [0.25, 0.3) is 5.91 Å². The number of aromatic amines is 1. The van der Waals surface area contributed by atoms with E-state index in [1.807, 2.05) is 64.4 Å². The van der Waals surface area contributed by atoms with Crippen LogP contribution in [0.1, 0.15) is 22.5 Å². The fraction of sp³-hybridized carbons (Fsp3) is 0.263. The number of aryl methyl sites for hydroxylation is 2. The third-order valence-electron chi connectivity index (χ3n) is 4.05. The average Bonchev–Trinajstić information content (AvgIpc) is 2.96. The lowest BCUT2D eigenvalue weighted by molar-refractivity contribution is -0.124. The number of carbonyl (C=O) groups excluding carboxylic acids is 2. The first-order chi connectivity index (χ1) is 11.4. The summed E-state index contributed by atoms with van der Waals surface area (Å²) >= 11 is 0. The van der Waals surface area contributed by atoms with Crippen LogP contribution in [-0.2, 0) is 9.59 Å². The Hall–Kier alpha value is -2.66. The number of likely N-dealkylation sites (N-methyl/N-ethyl adjacent to an activating group) is 1. The van der Waals surface area contributed by atoms with E-state index in [2.05, 4.69) is 4.98 Å². The zero-order valence-electron chi connectivity index (χ0n) is 14.4. The first-order valence-corrected chi connectivity index (χ1v) is 7.88. The Bertz CT molecular complexity index is 846. The van der Waals surface area contributed by atoms with E-state index in [0.29, 0.717) is 11.3 Å². The predicted molar refractivity (Wildman–Crippen MR) is 95.6 cm³/mol. The number of hydrogen-bond acceptors (Lipinski definition) is 3. The van der Waals surface area contributed by atoms with E-state index in [-0.39, 0.29) is 18.4 Å². The molecule has 0 saturated carbocycles. The predicted octanol–water partition coefficient (Wildman–Crippen LogP) is 2.61. The van der Waals surface area contributed by atoms with Crippen molar-refractivity contribution >= 4 is 29.2 Å². The normalized spacial score (nSPS) is 15.5. The molecule has 2 aromatic rings. The zero-order chi connectivity index (χ0) is 17.4. The molecule has 2 heterocycles. The number of amides is 2. The first kappa shape index (κ1) is 16.2. The van der Waals surface area contributed by atoms with Crippen molar-refractivity contribution in [2.75, 3.05) is 25.5 Å². The number of nitrogens with one attached hydrogen (secondary N) is 1. The highest BCUT2D eigenvalue weighted by Gasteiger charge is 2.36. The van der Waals surface area contributed by atoms with Crippen LogP contribution in [0.2, 0.25) is 0 Å². The van der Waals surface area contributed by atoms with Gasteiger partial charge >= 0.3 is 0 Å². The van der Waals surface area contributed by atoms with Crippen molar-refractivity contribution < 1.29 is 9.59 Å². The van der Waals surface area contributed by atoms with Crippen molar-refractivity contribution in [1.82, 2.24) is 9.88 Å². The molecule has 3 rings (SSSR count). The Labute approximate surface area is 141 Å². The number of benzene rings is 1. The van der Waals surface area contributed by atoms with Crippen LogP contribution in [-0.4, -0.2) is 42.3 Å². The van der Waals surface area contributed by atoms with Crippen LogP contribution in [0.15, 0.2) is 30.3 Å². The lowest BCUT2D eigenvalue weighted by atomic mass is 10.1. The van der Waals surface area contributed by atoms with Crippen molar-refractivity contribution in [2.45, 2.75) is 13.8 Å². The topological polar surface area (TPSA) is 56.4 Å². The Morgan fingerprint density at radius 2 is 1.96 bits per heavy atom. The maximum atomic E-state index is 12.9. The number of H-pyrrole nitrogens is 1. The molecule has 0 saturated heterocycles. The van der Waals surface area contributed by atoms with E-state index in [1.165, 1.54) is 4.90 Å². The van der Waals surface area contributed by atoms with E-state index in [0.717, 1.165) is 22.5 Å².